The number of benzene rings is 1. The molecule has 0 amide bonds. The summed E-state index contributed by atoms with van der Waals surface area (Å²) in [7, 11) is 0. The number of carbonyl (C=O) groups is 1. The molecule has 19 heavy (non-hydrogen) atoms. The van der Waals surface area contributed by atoms with Gasteiger partial charge in [-0.15, -0.1) is 0 Å². The van der Waals surface area contributed by atoms with Gasteiger partial charge in [0.05, 0.1) is 5.92 Å². The molecule has 100 valence electrons. The van der Waals surface area contributed by atoms with E-state index in [0.29, 0.717) is 0 Å². The molecule has 3 rings (SSSR count). The van der Waals surface area contributed by atoms with Crippen molar-refractivity contribution in [3.05, 3.63) is 35.5 Å². The van der Waals surface area contributed by atoms with Gasteiger partial charge in [-0.25, -0.2) is 0 Å². The summed E-state index contributed by atoms with van der Waals surface area (Å²) >= 11 is 0. The van der Waals surface area contributed by atoms with Crippen molar-refractivity contribution in [2.75, 3.05) is 0 Å². The van der Waals surface area contributed by atoms with Crippen LogP contribution in [0, 0.1) is 12.8 Å². The molecule has 1 unspecified atom stereocenters. The van der Waals surface area contributed by atoms with Crippen LogP contribution in [0.5, 0.6) is 0 Å². The van der Waals surface area contributed by atoms with Crippen LogP contribution in [0.15, 0.2) is 24.3 Å². The topological polar surface area (TPSA) is 53.1 Å². The fourth-order valence-electron chi connectivity index (χ4n) is 3.55. The Morgan fingerprint density at radius 2 is 2.00 bits per heavy atom. The fraction of sp³-hybridized carbons (Fsp3) is 0.438. The van der Waals surface area contributed by atoms with Gasteiger partial charge in [0.25, 0.3) is 0 Å². The fourth-order valence-corrected chi connectivity index (χ4v) is 3.55. The van der Waals surface area contributed by atoms with E-state index in [1.807, 2.05) is 31.2 Å². The molecule has 1 aromatic carbocycles. The summed E-state index contributed by atoms with van der Waals surface area (Å²) in [6, 6.07) is 8.00. The van der Waals surface area contributed by atoms with E-state index in [1.54, 1.807) is 0 Å². The first kappa shape index (κ1) is 12.3. The Morgan fingerprint density at radius 1 is 1.32 bits per heavy atom. The van der Waals surface area contributed by atoms with Crippen molar-refractivity contribution < 1.29 is 9.90 Å². The monoisotopic (exact) mass is 257 g/mol. The Hall–Kier alpha value is -1.77. The van der Waals surface area contributed by atoms with Gasteiger partial charge in [0.15, 0.2) is 0 Å². The smallest absolute Gasteiger partial charge is 0.311 e. The van der Waals surface area contributed by atoms with E-state index in [9.17, 15) is 9.90 Å². The van der Waals surface area contributed by atoms with Crippen LogP contribution in [0.4, 0.5) is 0 Å². The number of aliphatic carboxylic acids is 1. The first-order valence-electron chi connectivity index (χ1n) is 6.98. The molecule has 1 aromatic heterocycles. The predicted molar refractivity (Wildman–Crippen MR) is 75.4 cm³/mol. The van der Waals surface area contributed by atoms with Crippen molar-refractivity contribution in [1.82, 2.24) is 4.98 Å². The molecule has 1 atom stereocenters. The summed E-state index contributed by atoms with van der Waals surface area (Å²) in [5, 5.41) is 10.7. The number of carboxylic acid groups (broad SMARTS) is 1. The third kappa shape index (κ3) is 2.03. The maximum atomic E-state index is 11.8. The van der Waals surface area contributed by atoms with Gasteiger partial charge in [-0.1, -0.05) is 31.0 Å². The quantitative estimate of drug-likeness (QED) is 0.877. The molecule has 2 aromatic rings. The van der Waals surface area contributed by atoms with Gasteiger partial charge >= 0.3 is 5.97 Å². The van der Waals surface area contributed by atoms with Crippen LogP contribution >= 0.6 is 0 Å². The zero-order chi connectivity index (χ0) is 13.4. The number of aromatic nitrogens is 1. The van der Waals surface area contributed by atoms with Gasteiger partial charge in [0.1, 0.15) is 0 Å². The molecule has 1 saturated carbocycles. The molecule has 3 heteroatoms. The minimum Gasteiger partial charge on any atom is -0.481 e. The van der Waals surface area contributed by atoms with Crippen molar-refractivity contribution in [1.29, 1.82) is 0 Å². The standard InChI is InChI=1S/C16H19NO2/c1-10-14(12-8-4-5-9-13(12)17-10)15(16(18)19)11-6-2-3-7-11/h4-5,8-9,11,15,17H,2-3,6-7H2,1H3,(H,18,19). The van der Waals surface area contributed by atoms with Crippen LogP contribution < -0.4 is 0 Å². The lowest BCUT2D eigenvalue weighted by molar-refractivity contribution is -0.140. The molecule has 2 N–H and O–H groups in total. The van der Waals surface area contributed by atoms with Crippen molar-refractivity contribution >= 4 is 16.9 Å². The lowest BCUT2D eigenvalue weighted by atomic mass is 9.83. The number of fused-ring (bicyclic) bond motifs is 1. The van der Waals surface area contributed by atoms with Gasteiger partial charge in [-0.05, 0) is 37.3 Å². The maximum Gasteiger partial charge on any atom is 0.311 e. The van der Waals surface area contributed by atoms with E-state index in [2.05, 4.69) is 4.98 Å². The van der Waals surface area contributed by atoms with Gasteiger partial charge < -0.3 is 10.1 Å². The Labute approximate surface area is 112 Å². The van der Waals surface area contributed by atoms with Gasteiger partial charge in [0.2, 0.25) is 0 Å². The molecule has 1 aliphatic rings. The summed E-state index contributed by atoms with van der Waals surface area (Å²) in [5.74, 6) is -0.756. The van der Waals surface area contributed by atoms with Gasteiger partial charge in [0, 0.05) is 16.6 Å². The Kier molecular flexibility index (Phi) is 3.05. The molecule has 0 saturated heterocycles. The van der Waals surface area contributed by atoms with E-state index in [1.165, 1.54) is 0 Å². The van der Waals surface area contributed by atoms with Crippen LogP contribution in [0.3, 0.4) is 0 Å². The first-order valence-corrected chi connectivity index (χ1v) is 6.98. The number of H-pyrrole nitrogens is 1. The summed E-state index contributed by atoms with van der Waals surface area (Å²) in [5.41, 5.74) is 3.04. The molecule has 0 radical (unpaired) electrons. The molecule has 1 heterocycles. The van der Waals surface area contributed by atoms with Crippen molar-refractivity contribution in [3.63, 3.8) is 0 Å². The van der Waals surface area contributed by atoms with E-state index in [-0.39, 0.29) is 11.8 Å². The molecule has 0 bridgehead atoms. The molecule has 3 nitrogen and oxygen atoms in total. The Morgan fingerprint density at radius 3 is 2.68 bits per heavy atom. The Bertz CT molecular complexity index is 608. The third-order valence-corrected chi connectivity index (χ3v) is 4.39. The first-order chi connectivity index (χ1) is 9.18. The maximum absolute atomic E-state index is 11.8. The van der Waals surface area contributed by atoms with Crippen LogP contribution in [-0.2, 0) is 4.79 Å². The number of carboxylic acids is 1. The normalized spacial score (nSPS) is 17.9. The molecule has 1 aliphatic carbocycles. The summed E-state index contributed by atoms with van der Waals surface area (Å²) in [6.45, 7) is 1.99. The average molecular weight is 257 g/mol. The van der Waals surface area contributed by atoms with Crippen LogP contribution in [0.1, 0.15) is 42.9 Å². The molecule has 0 spiro atoms. The zero-order valence-corrected chi connectivity index (χ0v) is 11.1. The highest BCUT2D eigenvalue weighted by atomic mass is 16.4. The van der Waals surface area contributed by atoms with E-state index < -0.39 is 5.97 Å². The van der Waals surface area contributed by atoms with E-state index >= 15 is 0 Å². The number of hydrogen-bond donors (Lipinski definition) is 2. The average Bonchev–Trinajstić information content (AvgIpc) is 2.99. The zero-order valence-electron chi connectivity index (χ0n) is 11.1. The molecule has 1 fully saturated rings. The highest BCUT2D eigenvalue weighted by Gasteiger charge is 2.34. The largest absolute Gasteiger partial charge is 0.481 e. The lowest BCUT2D eigenvalue weighted by Gasteiger charge is -2.20. The number of aryl methyl sites for hydroxylation is 1. The molecular weight excluding hydrogens is 238 g/mol. The number of rotatable bonds is 3. The Balaban J connectivity index is 2.14. The number of nitrogens with one attached hydrogen (secondary N) is 1. The third-order valence-electron chi connectivity index (χ3n) is 4.39. The second-order valence-corrected chi connectivity index (χ2v) is 5.57. The minimum atomic E-state index is -0.681. The van der Waals surface area contributed by atoms with Crippen molar-refractivity contribution in [3.8, 4) is 0 Å². The highest BCUT2D eigenvalue weighted by molar-refractivity contribution is 5.90. The second-order valence-electron chi connectivity index (χ2n) is 5.57. The second kappa shape index (κ2) is 4.72. The van der Waals surface area contributed by atoms with Crippen LogP contribution in [0.2, 0.25) is 0 Å². The van der Waals surface area contributed by atoms with Gasteiger partial charge in [-0.3, -0.25) is 4.79 Å². The summed E-state index contributed by atoms with van der Waals surface area (Å²) < 4.78 is 0. The number of aromatic amines is 1. The van der Waals surface area contributed by atoms with Crippen LogP contribution in [-0.4, -0.2) is 16.1 Å². The number of hydrogen-bond acceptors (Lipinski definition) is 1. The molecule has 0 aliphatic heterocycles. The summed E-state index contributed by atoms with van der Waals surface area (Å²) in [6.07, 6.45) is 4.40. The van der Waals surface area contributed by atoms with Crippen molar-refractivity contribution in [2.45, 2.75) is 38.5 Å². The predicted octanol–water partition coefficient (Wildman–Crippen LogP) is 3.83. The van der Waals surface area contributed by atoms with E-state index in [0.717, 1.165) is 47.8 Å². The minimum absolute atomic E-state index is 0.287. The van der Waals surface area contributed by atoms with Gasteiger partial charge in [-0.2, -0.15) is 0 Å². The molecular formula is C16H19NO2. The summed E-state index contributed by atoms with van der Waals surface area (Å²) in [4.78, 5) is 15.1. The SMILES string of the molecule is Cc1[nH]c2ccccc2c1C(C(=O)O)C1CCCC1. The van der Waals surface area contributed by atoms with E-state index in [4.69, 9.17) is 0 Å². The van der Waals surface area contributed by atoms with Crippen LogP contribution in [0.25, 0.3) is 10.9 Å². The number of para-hydroxylation sites is 1. The lowest BCUT2D eigenvalue weighted by Crippen LogP contribution is -2.20. The highest BCUT2D eigenvalue weighted by Crippen LogP contribution is 2.41. The van der Waals surface area contributed by atoms with Crippen molar-refractivity contribution in [2.24, 2.45) is 5.92 Å².